The minimum absolute atomic E-state index is 0.822. The first kappa shape index (κ1) is 7.80. The van der Waals surface area contributed by atoms with E-state index in [1.807, 2.05) is 6.92 Å². The van der Waals surface area contributed by atoms with E-state index in [-0.39, 0.29) is 0 Å². The molecule has 1 aliphatic rings. The molecule has 3 heteroatoms. The van der Waals surface area contributed by atoms with Crippen LogP contribution in [0.2, 0.25) is 0 Å². The molecular weight excluding hydrogens is 152 g/mol. The first-order chi connectivity index (χ1) is 5.86. The normalized spacial score (nSPS) is 16.8. The van der Waals surface area contributed by atoms with Gasteiger partial charge in [0.15, 0.2) is 6.39 Å². The van der Waals surface area contributed by atoms with Gasteiger partial charge in [-0.25, -0.2) is 4.98 Å². The minimum atomic E-state index is 0.822. The number of rotatable bonds is 4. The molecule has 3 nitrogen and oxygen atoms in total. The van der Waals surface area contributed by atoms with E-state index in [1.54, 1.807) is 0 Å². The van der Waals surface area contributed by atoms with Gasteiger partial charge in [-0.3, -0.25) is 0 Å². The van der Waals surface area contributed by atoms with Crippen LogP contribution >= 0.6 is 0 Å². The predicted octanol–water partition coefficient (Wildman–Crippen LogP) is 1.48. The van der Waals surface area contributed by atoms with Crippen LogP contribution in [-0.4, -0.2) is 11.5 Å². The van der Waals surface area contributed by atoms with E-state index >= 15 is 0 Å². The third-order valence-electron chi connectivity index (χ3n) is 2.26. The van der Waals surface area contributed by atoms with Crippen LogP contribution in [0.1, 0.15) is 24.3 Å². The molecule has 1 heterocycles. The van der Waals surface area contributed by atoms with Crippen molar-refractivity contribution in [2.24, 2.45) is 5.92 Å². The maximum absolute atomic E-state index is 5.19. The molecule has 2 rings (SSSR count). The quantitative estimate of drug-likeness (QED) is 0.736. The zero-order valence-electron chi connectivity index (χ0n) is 7.34. The van der Waals surface area contributed by atoms with Gasteiger partial charge < -0.3 is 9.73 Å². The van der Waals surface area contributed by atoms with Gasteiger partial charge in [0, 0.05) is 0 Å². The molecule has 0 radical (unpaired) electrons. The third kappa shape index (κ3) is 1.85. The summed E-state index contributed by atoms with van der Waals surface area (Å²) in [6.07, 6.45) is 4.29. The van der Waals surface area contributed by atoms with E-state index in [0.717, 1.165) is 30.5 Å². The lowest BCUT2D eigenvalue weighted by Crippen LogP contribution is -2.16. The van der Waals surface area contributed by atoms with E-state index in [1.165, 1.54) is 19.2 Å². The Hall–Kier alpha value is -0.830. The fourth-order valence-corrected chi connectivity index (χ4v) is 1.21. The Kier molecular flexibility index (Phi) is 2.13. The number of nitrogens with one attached hydrogen (secondary N) is 1. The molecule has 0 spiro atoms. The van der Waals surface area contributed by atoms with Crippen LogP contribution in [0.4, 0.5) is 0 Å². The van der Waals surface area contributed by atoms with Gasteiger partial charge in [-0.15, -0.1) is 0 Å². The molecule has 1 saturated carbocycles. The van der Waals surface area contributed by atoms with Gasteiger partial charge in [0.05, 0.1) is 12.2 Å². The molecule has 0 aromatic carbocycles. The average Bonchev–Trinajstić information content (AvgIpc) is 2.78. The van der Waals surface area contributed by atoms with E-state index in [2.05, 4.69) is 10.3 Å². The summed E-state index contributed by atoms with van der Waals surface area (Å²) in [4.78, 5) is 4.02. The molecule has 0 saturated heterocycles. The fourth-order valence-electron chi connectivity index (χ4n) is 1.21. The highest BCUT2D eigenvalue weighted by Gasteiger charge is 2.20. The summed E-state index contributed by atoms with van der Waals surface area (Å²) in [5, 5.41) is 3.36. The van der Waals surface area contributed by atoms with Gasteiger partial charge in [-0.05, 0) is 32.2 Å². The third-order valence-corrected chi connectivity index (χ3v) is 2.26. The standard InChI is InChI=1S/C9H14N2O/c1-7-9(12-6-11-7)5-10-4-8-2-3-8/h6,8,10H,2-5H2,1H3. The highest BCUT2D eigenvalue weighted by atomic mass is 16.3. The summed E-state index contributed by atoms with van der Waals surface area (Å²) in [6.45, 7) is 3.92. The maximum atomic E-state index is 5.19. The molecule has 1 aromatic rings. The molecule has 12 heavy (non-hydrogen) atoms. The molecule has 0 amide bonds. The Morgan fingerprint density at radius 1 is 1.67 bits per heavy atom. The van der Waals surface area contributed by atoms with Crippen LogP contribution in [0.15, 0.2) is 10.8 Å². The lowest BCUT2D eigenvalue weighted by Gasteiger charge is -1.99. The second kappa shape index (κ2) is 3.27. The van der Waals surface area contributed by atoms with E-state index in [9.17, 15) is 0 Å². The van der Waals surface area contributed by atoms with Crippen LogP contribution in [0.3, 0.4) is 0 Å². The van der Waals surface area contributed by atoms with Crippen LogP contribution in [0.5, 0.6) is 0 Å². The largest absolute Gasteiger partial charge is 0.447 e. The Bertz CT molecular complexity index is 253. The molecular formula is C9H14N2O. The summed E-state index contributed by atoms with van der Waals surface area (Å²) in [5.74, 6) is 1.89. The van der Waals surface area contributed by atoms with Crippen LogP contribution in [0, 0.1) is 12.8 Å². The van der Waals surface area contributed by atoms with Crippen molar-refractivity contribution in [3.05, 3.63) is 17.8 Å². The van der Waals surface area contributed by atoms with E-state index < -0.39 is 0 Å². The van der Waals surface area contributed by atoms with Crippen molar-refractivity contribution in [3.63, 3.8) is 0 Å². The van der Waals surface area contributed by atoms with Crippen molar-refractivity contribution < 1.29 is 4.42 Å². The summed E-state index contributed by atoms with van der Waals surface area (Å²) in [6, 6.07) is 0. The molecule has 0 atom stereocenters. The first-order valence-electron chi connectivity index (χ1n) is 4.46. The van der Waals surface area contributed by atoms with Gasteiger partial charge in [0.1, 0.15) is 5.76 Å². The fraction of sp³-hybridized carbons (Fsp3) is 0.667. The summed E-state index contributed by atoms with van der Waals surface area (Å²) in [7, 11) is 0. The van der Waals surface area contributed by atoms with Gasteiger partial charge in [0.25, 0.3) is 0 Å². The number of aromatic nitrogens is 1. The number of hydrogen-bond donors (Lipinski definition) is 1. The Morgan fingerprint density at radius 2 is 2.50 bits per heavy atom. The van der Waals surface area contributed by atoms with Crippen molar-refractivity contribution >= 4 is 0 Å². The second-order valence-corrected chi connectivity index (χ2v) is 3.44. The van der Waals surface area contributed by atoms with Crippen molar-refractivity contribution in [2.75, 3.05) is 6.54 Å². The van der Waals surface area contributed by atoms with E-state index in [0.29, 0.717) is 0 Å². The van der Waals surface area contributed by atoms with Crippen LogP contribution < -0.4 is 5.32 Å². The molecule has 1 N–H and O–H groups in total. The zero-order valence-corrected chi connectivity index (χ0v) is 7.34. The molecule has 0 aliphatic heterocycles. The molecule has 66 valence electrons. The SMILES string of the molecule is Cc1ncoc1CNCC1CC1. The molecule has 1 aliphatic carbocycles. The Labute approximate surface area is 72.2 Å². The Morgan fingerprint density at radius 3 is 3.08 bits per heavy atom. The summed E-state index contributed by atoms with van der Waals surface area (Å²) >= 11 is 0. The zero-order chi connectivity index (χ0) is 8.39. The lowest BCUT2D eigenvalue weighted by atomic mass is 10.3. The smallest absolute Gasteiger partial charge is 0.181 e. The summed E-state index contributed by atoms with van der Waals surface area (Å²) < 4.78 is 5.19. The molecule has 1 aromatic heterocycles. The lowest BCUT2D eigenvalue weighted by molar-refractivity contribution is 0.473. The van der Waals surface area contributed by atoms with Crippen molar-refractivity contribution in [3.8, 4) is 0 Å². The number of hydrogen-bond acceptors (Lipinski definition) is 3. The highest BCUT2D eigenvalue weighted by molar-refractivity contribution is 5.03. The second-order valence-electron chi connectivity index (χ2n) is 3.44. The van der Waals surface area contributed by atoms with Gasteiger partial charge in [-0.1, -0.05) is 0 Å². The Balaban J connectivity index is 1.75. The van der Waals surface area contributed by atoms with Gasteiger partial charge >= 0.3 is 0 Å². The van der Waals surface area contributed by atoms with Crippen LogP contribution in [0.25, 0.3) is 0 Å². The molecule has 1 fully saturated rings. The van der Waals surface area contributed by atoms with Crippen molar-refractivity contribution in [1.82, 2.24) is 10.3 Å². The monoisotopic (exact) mass is 166 g/mol. The average molecular weight is 166 g/mol. The highest BCUT2D eigenvalue weighted by Crippen LogP contribution is 2.27. The number of nitrogens with zero attached hydrogens (tertiary/aromatic N) is 1. The topological polar surface area (TPSA) is 38.1 Å². The van der Waals surface area contributed by atoms with Gasteiger partial charge in [0.2, 0.25) is 0 Å². The summed E-state index contributed by atoms with van der Waals surface area (Å²) in [5.41, 5.74) is 0.998. The maximum Gasteiger partial charge on any atom is 0.181 e. The minimum Gasteiger partial charge on any atom is -0.447 e. The van der Waals surface area contributed by atoms with Gasteiger partial charge in [-0.2, -0.15) is 0 Å². The predicted molar refractivity (Wildman–Crippen MR) is 45.7 cm³/mol. The molecule has 0 unspecified atom stereocenters. The van der Waals surface area contributed by atoms with Crippen LogP contribution in [-0.2, 0) is 6.54 Å². The first-order valence-corrected chi connectivity index (χ1v) is 4.46. The van der Waals surface area contributed by atoms with Crippen molar-refractivity contribution in [1.29, 1.82) is 0 Å². The number of aryl methyl sites for hydroxylation is 1. The van der Waals surface area contributed by atoms with Crippen molar-refractivity contribution in [2.45, 2.75) is 26.3 Å². The number of oxazole rings is 1. The molecule has 0 bridgehead atoms. The van der Waals surface area contributed by atoms with E-state index in [4.69, 9.17) is 4.42 Å².